The van der Waals surface area contributed by atoms with Crippen LogP contribution in [0.5, 0.6) is 0 Å². The lowest BCUT2D eigenvalue weighted by atomic mass is 9.84. The smallest absolute Gasteiger partial charge is 0.265 e. The number of para-hydroxylation sites is 2. The number of hydrazone groups is 2. The van der Waals surface area contributed by atoms with Crippen molar-refractivity contribution in [2.45, 2.75) is 23.0 Å². The van der Waals surface area contributed by atoms with Gasteiger partial charge in [0.15, 0.2) is 5.84 Å². The third-order valence-electron chi connectivity index (χ3n) is 9.67. The van der Waals surface area contributed by atoms with Crippen molar-refractivity contribution in [3.05, 3.63) is 167 Å². The highest BCUT2D eigenvalue weighted by Gasteiger charge is 2.78. The van der Waals surface area contributed by atoms with Gasteiger partial charge in [0.05, 0.1) is 17.3 Å². The van der Waals surface area contributed by atoms with E-state index >= 15 is 4.79 Å². The molecule has 7 nitrogen and oxygen atoms in total. The maximum atomic E-state index is 15.8. The van der Waals surface area contributed by atoms with Gasteiger partial charge in [-0.3, -0.25) is 9.69 Å². The first-order chi connectivity index (χ1) is 23.6. The number of thioether (sulfide) groups is 1. The quantitative estimate of drug-likeness (QED) is 0.192. The Balaban J connectivity index is 1.35. The highest BCUT2D eigenvalue weighted by molar-refractivity contribution is 8.16. The highest BCUT2D eigenvalue weighted by Crippen LogP contribution is 2.64. The van der Waals surface area contributed by atoms with Crippen LogP contribution in [-0.2, 0) is 4.79 Å². The summed E-state index contributed by atoms with van der Waals surface area (Å²) < 4.78 is 0. The lowest BCUT2D eigenvalue weighted by Gasteiger charge is -2.53. The second-order valence-corrected chi connectivity index (χ2v) is 13.9. The molecule has 4 aliphatic rings. The predicted octanol–water partition coefficient (Wildman–Crippen LogP) is 7.82. The molecule has 9 rings (SSSR count). The summed E-state index contributed by atoms with van der Waals surface area (Å²) in [5.74, 6) is -0.667. The van der Waals surface area contributed by atoms with E-state index in [0.717, 1.165) is 51.9 Å². The van der Waals surface area contributed by atoms with Crippen molar-refractivity contribution in [1.29, 1.82) is 0 Å². The van der Waals surface area contributed by atoms with Crippen molar-refractivity contribution >= 4 is 51.5 Å². The summed E-state index contributed by atoms with van der Waals surface area (Å²) in [6, 6.07) is 48.7. The molecule has 2 spiro atoms. The zero-order valence-corrected chi connectivity index (χ0v) is 27.5. The van der Waals surface area contributed by atoms with Crippen molar-refractivity contribution < 1.29 is 4.79 Å². The Kier molecular flexibility index (Phi) is 6.85. The first-order valence-electron chi connectivity index (χ1n) is 16.2. The maximum Gasteiger partial charge on any atom is 0.265 e. The number of anilines is 2. The lowest BCUT2D eigenvalue weighted by molar-refractivity contribution is -0.138. The van der Waals surface area contributed by atoms with Gasteiger partial charge in [-0.1, -0.05) is 133 Å². The number of hydrogen-bond donors (Lipinski definition) is 0. The van der Waals surface area contributed by atoms with Crippen LogP contribution in [0.1, 0.15) is 29.0 Å². The van der Waals surface area contributed by atoms with Crippen molar-refractivity contribution in [3.8, 4) is 0 Å². The number of benzene rings is 5. The van der Waals surface area contributed by atoms with E-state index in [1.807, 2.05) is 102 Å². The van der Waals surface area contributed by atoms with Gasteiger partial charge >= 0.3 is 0 Å². The Hall–Kier alpha value is -5.05. The van der Waals surface area contributed by atoms with Crippen LogP contribution < -0.4 is 10.0 Å². The van der Waals surface area contributed by atoms with Crippen LogP contribution in [0.3, 0.4) is 0 Å². The Labute approximate surface area is 288 Å². The molecule has 4 aliphatic heterocycles. The molecule has 236 valence electrons. The van der Waals surface area contributed by atoms with Crippen LogP contribution in [0.15, 0.2) is 156 Å². The van der Waals surface area contributed by atoms with E-state index in [4.69, 9.17) is 21.8 Å². The molecule has 2 fully saturated rings. The summed E-state index contributed by atoms with van der Waals surface area (Å²) in [6.07, 6.45) is 0.799. The Morgan fingerprint density at radius 1 is 0.625 bits per heavy atom. The molecule has 5 aromatic carbocycles. The fraction of sp³-hybridized carbons (Fsp3) is 0.154. The SMILES string of the molecule is O=C1N2CCCN3C(c4ccccc4)=NN(c4ccccc4)C23C(c2ccc(Cl)cc2)C12SC(c1ccccc1)=NN2c1ccccc1. The van der Waals surface area contributed by atoms with E-state index in [2.05, 4.69) is 63.3 Å². The van der Waals surface area contributed by atoms with E-state index in [1.165, 1.54) is 0 Å². The van der Waals surface area contributed by atoms with Crippen LogP contribution in [0, 0.1) is 0 Å². The number of rotatable bonds is 5. The number of amides is 1. The molecule has 1 amide bonds. The van der Waals surface area contributed by atoms with Gasteiger partial charge in [-0.25, -0.2) is 10.0 Å². The summed E-state index contributed by atoms with van der Waals surface area (Å²) in [5.41, 5.74) is 4.70. The van der Waals surface area contributed by atoms with Gasteiger partial charge in [0, 0.05) is 29.2 Å². The summed E-state index contributed by atoms with van der Waals surface area (Å²) in [6.45, 7) is 1.30. The van der Waals surface area contributed by atoms with E-state index < -0.39 is 16.6 Å². The molecule has 4 heterocycles. The van der Waals surface area contributed by atoms with Gasteiger partial charge in [0.25, 0.3) is 5.91 Å². The molecule has 3 atom stereocenters. The largest absolute Gasteiger partial charge is 0.312 e. The molecule has 0 aliphatic carbocycles. The second kappa shape index (κ2) is 11.3. The number of carbonyl (C=O) groups excluding carboxylic acids is 1. The van der Waals surface area contributed by atoms with Crippen molar-refractivity contribution in [2.24, 2.45) is 10.2 Å². The van der Waals surface area contributed by atoms with Gasteiger partial charge in [0.1, 0.15) is 5.04 Å². The summed E-state index contributed by atoms with van der Waals surface area (Å²) >= 11 is 8.08. The number of hydrogen-bond acceptors (Lipinski definition) is 7. The second-order valence-electron chi connectivity index (χ2n) is 12.3. The van der Waals surface area contributed by atoms with Crippen molar-refractivity contribution in [3.63, 3.8) is 0 Å². The molecular formula is C39H31ClN6OS. The zero-order valence-electron chi connectivity index (χ0n) is 25.9. The Morgan fingerprint density at radius 2 is 1.17 bits per heavy atom. The minimum atomic E-state index is -1.20. The van der Waals surface area contributed by atoms with Gasteiger partial charge in [-0.2, -0.15) is 10.2 Å². The van der Waals surface area contributed by atoms with E-state index in [1.54, 1.807) is 11.8 Å². The monoisotopic (exact) mass is 666 g/mol. The number of nitrogens with zero attached hydrogens (tertiary/aromatic N) is 6. The summed E-state index contributed by atoms with van der Waals surface area (Å²) in [4.78, 5) is 19.0. The third-order valence-corrected chi connectivity index (χ3v) is 11.3. The van der Waals surface area contributed by atoms with Crippen LogP contribution in [-0.4, -0.2) is 50.3 Å². The predicted molar refractivity (Wildman–Crippen MR) is 194 cm³/mol. The molecule has 0 aromatic heterocycles. The van der Waals surface area contributed by atoms with Gasteiger partial charge in [0.2, 0.25) is 10.7 Å². The number of halogens is 1. The van der Waals surface area contributed by atoms with Crippen LogP contribution in [0.2, 0.25) is 5.02 Å². The number of carbonyl (C=O) groups is 1. The van der Waals surface area contributed by atoms with E-state index in [0.29, 0.717) is 11.6 Å². The van der Waals surface area contributed by atoms with E-state index in [9.17, 15) is 0 Å². The molecule has 0 radical (unpaired) electrons. The first kappa shape index (κ1) is 29.1. The minimum Gasteiger partial charge on any atom is -0.312 e. The van der Waals surface area contributed by atoms with Gasteiger partial charge in [-0.05, 0) is 48.4 Å². The summed E-state index contributed by atoms with van der Waals surface area (Å²) in [7, 11) is 0. The average molecular weight is 667 g/mol. The van der Waals surface area contributed by atoms with Crippen LogP contribution in [0.25, 0.3) is 0 Å². The normalized spacial score (nSPS) is 24.5. The average Bonchev–Trinajstić information content (AvgIpc) is 3.78. The molecule has 9 heteroatoms. The molecule has 48 heavy (non-hydrogen) atoms. The minimum absolute atomic E-state index is 0.00104. The maximum absolute atomic E-state index is 15.8. The molecule has 0 N–H and O–H groups in total. The van der Waals surface area contributed by atoms with Crippen LogP contribution >= 0.6 is 23.4 Å². The first-order valence-corrected chi connectivity index (χ1v) is 17.3. The molecule has 0 bridgehead atoms. The Bertz CT molecular complexity index is 2050. The molecule has 5 aromatic rings. The van der Waals surface area contributed by atoms with Crippen molar-refractivity contribution in [2.75, 3.05) is 23.1 Å². The topological polar surface area (TPSA) is 54.8 Å². The van der Waals surface area contributed by atoms with Crippen molar-refractivity contribution in [1.82, 2.24) is 9.80 Å². The zero-order chi connectivity index (χ0) is 32.3. The highest BCUT2D eigenvalue weighted by atomic mass is 35.5. The molecular weight excluding hydrogens is 636 g/mol. The van der Waals surface area contributed by atoms with Gasteiger partial charge < -0.3 is 4.90 Å². The Morgan fingerprint density at radius 3 is 1.79 bits per heavy atom. The van der Waals surface area contributed by atoms with Gasteiger partial charge in [-0.15, -0.1) is 0 Å². The summed E-state index contributed by atoms with van der Waals surface area (Å²) in [5, 5.41) is 16.3. The third kappa shape index (κ3) is 4.12. The number of amidine groups is 1. The lowest BCUT2D eigenvalue weighted by Crippen LogP contribution is -2.70. The standard InChI is InChI=1S/C39H31ClN6OS/c40-31-24-22-28(23-25-31)34-38(45(32-18-9-3-10-19-32)42-36(48-38)30-16-7-2-8-17-30)37(47)44-27-13-26-43-35(29-14-5-1-6-15-29)41-46(39(34,43)44)33-20-11-4-12-21-33/h1-12,14-25,34H,13,26-27H2. The van der Waals surface area contributed by atoms with E-state index in [-0.39, 0.29) is 5.91 Å². The molecule has 0 saturated carbocycles. The fourth-order valence-corrected chi connectivity index (χ4v) is 9.41. The van der Waals surface area contributed by atoms with Crippen LogP contribution in [0.4, 0.5) is 11.4 Å². The molecule has 2 saturated heterocycles. The fourth-order valence-electron chi connectivity index (χ4n) is 7.77. The molecule has 3 unspecified atom stereocenters.